The first-order chi connectivity index (χ1) is 11.7. The number of benzene rings is 1. The Morgan fingerprint density at radius 1 is 1.38 bits per heavy atom. The van der Waals surface area contributed by atoms with Gasteiger partial charge < -0.3 is 14.3 Å². The van der Waals surface area contributed by atoms with Crippen LogP contribution in [0.1, 0.15) is 24.6 Å². The number of aromatic nitrogens is 2. The standard InChI is InChI=1S/C18H20N4O2/c1-13(16-10-14-4-2-3-5-15(14)24-16)20-18(23)12-21-8-9-22-7-6-19-17(22)11-21/h2-7,10,13H,8-9,11-12H2,1H3,(H,20,23). The predicted molar refractivity (Wildman–Crippen MR) is 90.3 cm³/mol. The molecule has 1 amide bonds. The van der Waals surface area contributed by atoms with Crippen LogP contribution in [-0.4, -0.2) is 33.4 Å². The van der Waals surface area contributed by atoms with Crippen LogP contribution >= 0.6 is 0 Å². The van der Waals surface area contributed by atoms with Gasteiger partial charge in [0.2, 0.25) is 5.91 Å². The molecule has 3 aromatic rings. The molecule has 1 aliphatic heterocycles. The van der Waals surface area contributed by atoms with Crippen molar-refractivity contribution in [3.8, 4) is 0 Å². The number of nitrogens with one attached hydrogen (secondary N) is 1. The maximum atomic E-state index is 12.3. The van der Waals surface area contributed by atoms with Crippen molar-refractivity contribution in [2.45, 2.75) is 26.1 Å². The van der Waals surface area contributed by atoms with Crippen molar-refractivity contribution in [3.63, 3.8) is 0 Å². The third kappa shape index (κ3) is 2.92. The normalized spacial score (nSPS) is 16.0. The highest BCUT2D eigenvalue weighted by atomic mass is 16.3. The molecule has 1 aliphatic rings. The van der Waals surface area contributed by atoms with Crippen LogP contribution in [0.25, 0.3) is 11.0 Å². The van der Waals surface area contributed by atoms with E-state index >= 15 is 0 Å². The van der Waals surface area contributed by atoms with E-state index in [0.29, 0.717) is 13.1 Å². The molecule has 24 heavy (non-hydrogen) atoms. The van der Waals surface area contributed by atoms with Gasteiger partial charge in [0, 0.05) is 30.9 Å². The lowest BCUT2D eigenvalue weighted by Crippen LogP contribution is -2.41. The number of hydrogen-bond donors (Lipinski definition) is 1. The Morgan fingerprint density at radius 2 is 2.25 bits per heavy atom. The minimum Gasteiger partial charge on any atom is -0.459 e. The summed E-state index contributed by atoms with van der Waals surface area (Å²) in [5, 5.41) is 4.07. The van der Waals surface area contributed by atoms with Gasteiger partial charge in [0.05, 0.1) is 19.1 Å². The van der Waals surface area contributed by atoms with Crippen molar-refractivity contribution in [2.75, 3.05) is 13.1 Å². The summed E-state index contributed by atoms with van der Waals surface area (Å²) in [5.41, 5.74) is 0.844. The number of carbonyl (C=O) groups excluding carboxylic acids is 1. The van der Waals surface area contributed by atoms with Crippen LogP contribution in [0.5, 0.6) is 0 Å². The summed E-state index contributed by atoms with van der Waals surface area (Å²) in [4.78, 5) is 18.8. The molecule has 0 saturated carbocycles. The Hall–Kier alpha value is -2.60. The maximum Gasteiger partial charge on any atom is 0.234 e. The Balaban J connectivity index is 1.37. The van der Waals surface area contributed by atoms with Crippen LogP contribution in [0.4, 0.5) is 0 Å². The highest BCUT2D eigenvalue weighted by Gasteiger charge is 2.20. The molecule has 0 fully saturated rings. The molecular formula is C18H20N4O2. The van der Waals surface area contributed by atoms with E-state index in [4.69, 9.17) is 4.42 Å². The van der Waals surface area contributed by atoms with Crippen molar-refractivity contribution < 1.29 is 9.21 Å². The van der Waals surface area contributed by atoms with Gasteiger partial charge in [-0.25, -0.2) is 4.98 Å². The molecule has 3 heterocycles. The van der Waals surface area contributed by atoms with E-state index in [1.54, 1.807) is 0 Å². The average Bonchev–Trinajstić information content (AvgIpc) is 3.20. The summed E-state index contributed by atoms with van der Waals surface area (Å²) in [6, 6.07) is 9.69. The average molecular weight is 324 g/mol. The van der Waals surface area contributed by atoms with Crippen LogP contribution < -0.4 is 5.32 Å². The quantitative estimate of drug-likeness (QED) is 0.800. The first-order valence-electron chi connectivity index (χ1n) is 8.19. The number of amides is 1. The molecular weight excluding hydrogens is 304 g/mol. The van der Waals surface area contributed by atoms with Gasteiger partial charge in [-0.05, 0) is 19.1 Å². The molecule has 1 atom stereocenters. The second-order valence-corrected chi connectivity index (χ2v) is 6.22. The highest BCUT2D eigenvalue weighted by molar-refractivity contribution is 5.80. The molecule has 2 aromatic heterocycles. The molecule has 0 bridgehead atoms. The molecule has 4 rings (SSSR count). The lowest BCUT2D eigenvalue weighted by molar-refractivity contribution is -0.123. The Kier molecular flexibility index (Phi) is 3.82. The van der Waals surface area contributed by atoms with Gasteiger partial charge in [0.15, 0.2) is 0 Å². The summed E-state index contributed by atoms with van der Waals surface area (Å²) >= 11 is 0. The zero-order valence-corrected chi connectivity index (χ0v) is 13.6. The minimum atomic E-state index is -0.156. The molecule has 1 aromatic carbocycles. The SMILES string of the molecule is CC(NC(=O)CN1CCn2ccnc2C1)c1cc2ccccc2o1. The smallest absolute Gasteiger partial charge is 0.234 e. The minimum absolute atomic E-state index is 0.00274. The van der Waals surface area contributed by atoms with Gasteiger partial charge in [0.25, 0.3) is 0 Å². The van der Waals surface area contributed by atoms with E-state index in [2.05, 4.69) is 19.8 Å². The second kappa shape index (κ2) is 6.13. The number of furan rings is 1. The third-order valence-electron chi connectivity index (χ3n) is 4.44. The molecule has 1 unspecified atom stereocenters. The number of fused-ring (bicyclic) bond motifs is 2. The first-order valence-corrected chi connectivity index (χ1v) is 8.19. The van der Waals surface area contributed by atoms with E-state index in [9.17, 15) is 4.79 Å². The van der Waals surface area contributed by atoms with Crippen LogP contribution in [-0.2, 0) is 17.9 Å². The van der Waals surface area contributed by atoms with Crippen molar-refractivity contribution in [1.82, 2.24) is 19.8 Å². The van der Waals surface area contributed by atoms with Gasteiger partial charge in [-0.3, -0.25) is 9.69 Å². The molecule has 0 aliphatic carbocycles. The Labute approximate surface area is 140 Å². The zero-order chi connectivity index (χ0) is 16.5. The van der Waals surface area contributed by atoms with E-state index in [-0.39, 0.29) is 11.9 Å². The summed E-state index contributed by atoms with van der Waals surface area (Å²) in [6.07, 6.45) is 3.79. The second-order valence-electron chi connectivity index (χ2n) is 6.22. The molecule has 0 saturated heterocycles. The number of imidazole rings is 1. The van der Waals surface area contributed by atoms with Crippen LogP contribution in [0.2, 0.25) is 0 Å². The monoisotopic (exact) mass is 324 g/mol. The fourth-order valence-corrected chi connectivity index (χ4v) is 3.14. The van der Waals surface area contributed by atoms with Gasteiger partial charge >= 0.3 is 0 Å². The maximum absolute atomic E-state index is 12.3. The summed E-state index contributed by atoms with van der Waals surface area (Å²) < 4.78 is 7.95. The zero-order valence-electron chi connectivity index (χ0n) is 13.6. The highest BCUT2D eigenvalue weighted by Crippen LogP contribution is 2.23. The van der Waals surface area contributed by atoms with Gasteiger partial charge in [0.1, 0.15) is 17.2 Å². The van der Waals surface area contributed by atoms with Crippen LogP contribution in [0.3, 0.4) is 0 Å². The molecule has 6 heteroatoms. The largest absolute Gasteiger partial charge is 0.459 e. The van der Waals surface area contributed by atoms with E-state index in [0.717, 1.165) is 35.6 Å². The number of hydrogen-bond acceptors (Lipinski definition) is 4. The summed E-state index contributed by atoms with van der Waals surface area (Å²) in [6.45, 7) is 4.76. The molecule has 1 N–H and O–H groups in total. The molecule has 0 radical (unpaired) electrons. The van der Waals surface area contributed by atoms with Crippen molar-refractivity contribution >= 4 is 16.9 Å². The molecule has 124 valence electrons. The lowest BCUT2D eigenvalue weighted by atomic mass is 10.2. The number of rotatable bonds is 4. The van der Waals surface area contributed by atoms with Gasteiger partial charge in [-0.2, -0.15) is 0 Å². The summed E-state index contributed by atoms with van der Waals surface area (Å²) in [5.74, 6) is 1.79. The number of nitrogens with zero attached hydrogens (tertiary/aromatic N) is 3. The predicted octanol–water partition coefficient (Wildman–Crippen LogP) is 2.32. The first kappa shape index (κ1) is 15.0. The lowest BCUT2D eigenvalue weighted by Gasteiger charge is -2.27. The van der Waals surface area contributed by atoms with E-state index in [1.165, 1.54) is 0 Å². The Bertz CT molecular complexity index is 834. The van der Waals surface area contributed by atoms with Crippen molar-refractivity contribution in [1.29, 1.82) is 0 Å². The van der Waals surface area contributed by atoms with Crippen LogP contribution in [0, 0.1) is 0 Å². The third-order valence-corrected chi connectivity index (χ3v) is 4.44. The fourth-order valence-electron chi connectivity index (χ4n) is 3.14. The van der Waals surface area contributed by atoms with E-state index < -0.39 is 0 Å². The Morgan fingerprint density at radius 3 is 3.12 bits per heavy atom. The fraction of sp³-hybridized carbons (Fsp3) is 0.333. The number of para-hydroxylation sites is 1. The van der Waals surface area contributed by atoms with Gasteiger partial charge in [-0.1, -0.05) is 18.2 Å². The van der Waals surface area contributed by atoms with Crippen molar-refractivity contribution in [2.24, 2.45) is 0 Å². The number of carbonyl (C=O) groups is 1. The topological polar surface area (TPSA) is 63.3 Å². The van der Waals surface area contributed by atoms with Gasteiger partial charge in [-0.15, -0.1) is 0 Å². The summed E-state index contributed by atoms with van der Waals surface area (Å²) in [7, 11) is 0. The molecule has 0 spiro atoms. The molecule has 6 nitrogen and oxygen atoms in total. The van der Waals surface area contributed by atoms with Crippen molar-refractivity contribution in [3.05, 3.63) is 54.3 Å². The van der Waals surface area contributed by atoms with E-state index in [1.807, 2.05) is 49.6 Å². The van der Waals surface area contributed by atoms with Crippen LogP contribution in [0.15, 0.2) is 47.1 Å².